The number of esters is 2. The van der Waals surface area contributed by atoms with Gasteiger partial charge in [-0.3, -0.25) is 0 Å². The van der Waals surface area contributed by atoms with Crippen molar-refractivity contribution in [2.75, 3.05) is 13.2 Å². The fourth-order valence-electron chi connectivity index (χ4n) is 4.09. The second kappa shape index (κ2) is 16.7. The molecule has 0 unspecified atom stereocenters. The Balaban J connectivity index is 0.000000205. The lowest BCUT2D eigenvalue weighted by Gasteiger charge is -2.09. The van der Waals surface area contributed by atoms with E-state index in [1.165, 1.54) is 42.5 Å². The molecule has 4 aromatic carbocycles. The molecule has 6 rings (SSSR count). The molecule has 12 nitrogen and oxygen atoms in total. The number of carboxylic acid groups (broad SMARTS) is 4. The molecule has 0 aromatic heterocycles. The van der Waals surface area contributed by atoms with Gasteiger partial charge in [-0.15, -0.1) is 0 Å². The standard InChI is InChI=1S/C18H18O4.2C8H6O4/c19-17-15-7-5-14-12-16(8-6-13(14)11-15)18(20)22-10-4-2-1-3-9-21-17;9-7(10)5-1-2-6(4-3-5)8(11)12;9-7(10)5-2-1-3-6(4-5)8(11)12/h5-8,11-12H,1-4,9-10H2;2*1-4H,(H,9,10)(H,11,12). The Bertz CT molecular complexity index is 1620. The zero-order chi connectivity index (χ0) is 33.6. The summed E-state index contributed by atoms with van der Waals surface area (Å²) in [5, 5.41) is 35.7. The van der Waals surface area contributed by atoms with E-state index in [0.717, 1.165) is 42.5 Å². The van der Waals surface area contributed by atoms with Gasteiger partial charge < -0.3 is 29.9 Å². The Morgan fingerprint density at radius 1 is 0.457 bits per heavy atom. The number of fused-ring (bicyclic) bond motifs is 11. The maximum Gasteiger partial charge on any atom is 0.338 e. The fourth-order valence-corrected chi connectivity index (χ4v) is 4.09. The molecule has 2 heterocycles. The molecule has 0 atom stereocenters. The first-order valence-corrected chi connectivity index (χ1v) is 14.0. The van der Waals surface area contributed by atoms with Crippen molar-refractivity contribution in [1.82, 2.24) is 0 Å². The second-order valence-electron chi connectivity index (χ2n) is 9.84. The van der Waals surface area contributed by atoms with Gasteiger partial charge in [-0.2, -0.15) is 0 Å². The third kappa shape index (κ3) is 10.3. The largest absolute Gasteiger partial charge is 0.478 e. The maximum atomic E-state index is 12.0. The third-order valence-electron chi connectivity index (χ3n) is 6.55. The minimum atomic E-state index is -1.13. The molecule has 4 bridgehead atoms. The molecule has 4 N–H and O–H groups in total. The van der Waals surface area contributed by atoms with Crippen molar-refractivity contribution in [3.05, 3.63) is 118 Å². The summed E-state index contributed by atoms with van der Waals surface area (Å²) >= 11 is 0. The molecule has 46 heavy (non-hydrogen) atoms. The van der Waals surface area contributed by atoms with E-state index < -0.39 is 23.9 Å². The van der Waals surface area contributed by atoms with Gasteiger partial charge in [0.2, 0.25) is 0 Å². The molecule has 0 radical (unpaired) electrons. The normalized spacial score (nSPS) is 13.0. The minimum absolute atomic E-state index is 0.0186. The van der Waals surface area contributed by atoms with Crippen LogP contribution in [0.4, 0.5) is 0 Å². The summed E-state index contributed by atoms with van der Waals surface area (Å²) in [6.07, 6.45) is 3.57. The van der Waals surface area contributed by atoms with Gasteiger partial charge in [-0.1, -0.05) is 18.2 Å². The van der Waals surface area contributed by atoms with Crippen LogP contribution in [0.15, 0.2) is 84.9 Å². The van der Waals surface area contributed by atoms with Crippen molar-refractivity contribution in [3.63, 3.8) is 0 Å². The van der Waals surface area contributed by atoms with Gasteiger partial charge in [0.1, 0.15) is 0 Å². The first kappa shape index (κ1) is 34.5. The van der Waals surface area contributed by atoms with E-state index in [0.29, 0.717) is 24.3 Å². The summed E-state index contributed by atoms with van der Waals surface area (Å²) in [6, 6.07) is 20.9. The molecule has 0 saturated heterocycles. The van der Waals surface area contributed by atoms with Crippen molar-refractivity contribution in [1.29, 1.82) is 0 Å². The van der Waals surface area contributed by atoms with Crippen molar-refractivity contribution in [3.8, 4) is 0 Å². The lowest BCUT2D eigenvalue weighted by Crippen LogP contribution is -2.08. The Labute approximate surface area is 262 Å². The number of aromatic carboxylic acids is 4. The first-order chi connectivity index (χ1) is 22.0. The van der Waals surface area contributed by atoms with Crippen molar-refractivity contribution in [2.24, 2.45) is 0 Å². The number of hydrogen-bond acceptors (Lipinski definition) is 8. The summed E-state index contributed by atoms with van der Waals surface area (Å²) in [4.78, 5) is 65.5. The van der Waals surface area contributed by atoms with Crippen LogP contribution in [-0.4, -0.2) is 69.5 Å². The predicted molar refractivity (Wildman–Crippen MR) is 164 cm³/mol. The SMILES string of the molecule is O=C(O)c1ccc(C(=O)O)cc1.O=C(O)c1cccc(C(=O)O)c1.O=C1OCCCCCCOC(=O)c2ccc3cc1ccc3c2. The zero-order valence-electron chi connectivity index (χ0n) is 24.4. The first-order valence-electron chi connectivity index (χ1n) is 14.0. The molecule has 2 aliphatic heterocycles. The number of hydrogen-bond donors (Lipinski definition) is 4. The number of benzene rings is 4. The minimum Gasteiger partial charge on any atom is -0.478 e. The third-order valence-corrected chi connectivity index (χ3v) is 6.55. The highest BCUT2D eigenvalue weighted by Crippen LogP contribution is 2.20. The maximum absolute atomic E-state index is 12.0. The van der Waals surface area contributed by atoms with Crippen LogP contribution in [0.25, 0.3) is 10.8 Å². The number of carboxylic acids is 4. The highest BCUT2D eigenvalue weighted by Gasteiger charge is 2.12. The molecule has 2 aliphatic rings. The summed E-state index contributed by atoms with van der Waals surface area (Å²) in [6.45, 7) is 0.852. The van der Waals surface area contributed by atoms with Crippen LogP contribution in [0.5, 0.6) is 0 Å². The van der Waals surface area contributed by atoms with Gasteiger partial charge in [0.25, 0.3) is 0 Å². The van der Waals surface area contributed by atoms with E-state index in [4.69, 9.17) is 29.9 Å². The summed E-state index contributed by atoms with van der Waals surface area (Å²) < 4.78 is 10.6. The van der Waals surface area contributed by atoms with Gasteiger partial charge in [0, 0.05) is 0 Å². The van der Waals surface area contributed by atoms with Crippen LogP contribution in [0.1, 0.15) is 87.8 Å². The number of carbonyl (C=O) groups is 6. The number of carbonyl (C=O) groups excluding carboxylic acids is 2. The van der Waals surface area contributed by atoms with Crippen LogP contribution in [0, 0.1) is 0 Å². The van der Waals surface area contributed by atoms with Crippen molar-refractivity contribution < 1.29 is 58.7 Å². The van der Waals surface area contributed by atoms with E-state index in [2.05, 4.69) is 0 Å². The zero-order valence-corrected chi connectivity index (χ0v) is 24.4. The summed E-state index contributed by atoms with van der Waals surface area (Å²) in [7, 11) is 0. The van der Waals surface area contributed by atoms with Crippen LogP contribution < -0.4 is 0 Å². The molecule has 0 amide bonds. The molecule has 0 aliphatic carbocycles. The van der Waals surface area contributed by atoms with Crippen LogP contribution in [0.2, 0.25) is 0 Å². The van der Waals surface area contributed by atoms with Crippen molar-refractivity contribution in [2.45, 2.75) is 25.7 Å². The number of ether oxygens (including phenoxy) is 2. The molecular weight excluding hydrogens is 600 g/mol. The Hall–Kier alpha value is -6.04. The second-order valence-corrected chi connectivity index (χ2v) is 9.84. The average molecular weight is 631 g/mol. The van der Waals surface area contributed by atoms with E-state index in [-0.39, 0.29) is 34.2 Å². The quantitative estimate of drug-likeness (QED) is 0.195. The van der Waals surface area contributed by atoms with Crippen LogP contribution in [0.3, 0.4) is 0 Å². The lowest BCUT2D eigenvalue weighted by molar-refractivity contribution is 0.0473. The summed E-state index contributed by atoms with van der Waals surface area (Å²) in [5.41, 5.74) is 1.20. The highest BCUT2D eigenvalue weighted by molar-refractivity contribution is 5.99. The topological polar surface area (TPSA) is 202 Å². The van der Waals surface area contributed by atoms with Gasteiger partial charge in [0.15, 0.2) is 0 Å². The van der Waals surface area contributed by atoms with Crippen LogP contribution in [-0.2, 0) is 9.47 Å². The Morgan fingerprint density at radius 3 is 1.17 bits per heavy atom. The molecular formula is C34H30O12. The molecule has 12 heteroatoms. The predicted octanol–water partition coefficient (Wildman–Crippen LogP) is 5.89. The Kier molecular flexibility index (Phi) is 12.5. The highest BCUT2D eigenvalue weighted by atomic mass is 16.5. The molecule has 0 spiro atoms. The fraction of sp³-hybridized carbons (Fsp3) is 0.176. The average Bonchev–Trinajstić information content (AvgIpc) is 3.05. The van der Waals surface area contributed by atoms with Gasteiger partial charge >= 0.3 is 35.8 Å². The molecule has 4 aromatic rings. The molecule has 0 fully saturated rings. The smallest absolute Gasteiger partial charge is 0.338 e. The van der Waals surface area contributed by atoms with Gasteiger partial charge in [0.05, 0.1) is 46.6 Å². The van der Waals surface area contributed by atoms with Gasteiger partial charge in [-0.05, 0) is 103 Å². The van der Waals surface area contributed by atoms with E-state index in [1.54, 1.807) is 24.3 Å². The monoisotopic (exact) mass is 630 g/mol. The summed E-state index contributed by atoms with van der Waals surface area (Å²) in [5.74, 6) is -4.97. The molecule has 238 valence electrons. The van der Waals surface area contributed by atoms with E-state index in [9.17, 15) is 28.8 Å². The van der Waals surface area contributed by atoms with Gasteiger partial charge in [-0.25, -0.2) is 28.8 Å². The molecule has 0 saturated carbocycles. The van der Waals surface area contributed by atoms with Crippen molar-refractivity contribution >= 4 is 46.6 Å². The Morgan fingerprint density at radius 2 is 0.826 bits per heavy atom. The lowest BCUT2D eigenvalue weighted by atomic mass is 10.0. The van der Waals surface area contributed by atoms with E-state index >= 15 is 0 Å². The van der Waals surface area contributed by atoms with Crippen LogP contribution >= 0.6 is 0 Å². The van der Waals surface area contributed by atoms with E-state index in [1.807, 2.05) is 12.1 Å². The number of rotatable bonds is 4.